The van der Waals surface area contributed by atoms with Gasteiger partial charge >= 0.3 is 0 Å². The fraction of sp³-hybridized carbons (Fsp3) is 0.400. The molecule has 108 valence electrons. The predicted octanol–water partition coefficient (Wildman–Crippen LogP) is 0.911. The molecule has 0 saturated heterocycles. The van der Waals surface area contributed by atoms with Crippen molar-refractivity contribution in [1.29, 1.82) is 0 Å². The summed E-state index contributed by atoms with van der Waals surface area (Å²) < 4.78 is 7.51. The molecule has 1 aromatic heterocycles. The smallest absolute Gasteiger partial charge is 0.176 e. The van der Waals surface area contributed by atoms with E-state index >= 15 is 0 Å². The van der Waals surface area contributed by atoms with E-state index in [0.29, 0.717) is 13.1 Å². The average molecular weight is 284 g/mol. The number of ether oxygens (including phenoxy) is 1. The molecule has 0 amide bonds. The van der Waals surface area contributed by atoms with Gasteiger partial charge in [-0.2, -0.15) is 0 Å². The molecule has 21 heavy (non-hydrogen) atoms. The fourth-order valence-electron chi connectivity index (χ4n) is 2.91. The lowest BCUT2D eigenvalue weighted by molar-refractivity contribution is 0.0908. The molecule has 6 nitrogen and oxygen atoms in total. The number of carbonyl (C=O) groups is 1. The summed E-state index contributed by atoms with van der Waals surface area (Å²) in [6.07, 6.45) is 2.64. The molecular formula is C15H16N4O2. The average Bonchev–Trinajstić information content (AvgIpc) is 3.14. The molecule has 6 heteroatoms. The van der Waals surface area contributed by atoms with E-state index < -0.39 is 0 Å². The minimum Gasteiger partial charge on any atom is -0.493 e. The highest BCUT2D eigenvalue weighted by molar-refractivity contribution is 5.98. The summed E-state index contributed by atoms with van der Waals surface area (Å²) in [7, 11) is 0. The maximum absolute atomic E-state index is 12.4. The van der Waals surface area contributed by atoms with Crippen LogP contribution in [0.3, 0.4) is 0 Å². The van der Waals surface area contributed by atoms with Gasteiger partial charge in [0.25, 0.3) is 0 Å². The van der Waals surface area contributed by atoms with Gasteiger partial charge in [0.15, 0.2) is 5.78 Å². The van der Waals surface area contributed by atoms with Crippen LogP contribution >= 0.6 is 0 Å². The summed E-state index contributed by atoms with van der Waals surface area (Å²) >= 11 is 0. The van der Waals surface area contributed by atoms with Crippen LogP contribution in [-0.4, -0.2) is 45.1 Å². The lowest BCUT2D eigenvalue weighted by atomic mass is 10.0. The van der Waals surface area contributed by atoms with Crippen molar-refractivity contribution in [2.24, 2.45) is 0 Å². The zero-order valence-corrected chi connectivity index (χ0v) is 11.7. The third-order valence-electron chi connectivity index (χ3n) is 4.10. The topological polar surface area (TPSA) is 60.2 Å². The van der Waals surface area contributed by atoms with Crippen LogP contribution < -0.4 is 4.74 Å². The van der Waals surface area contributed by atoms with Crippen LogP contribution in [0.15, 0.2) is 24.5 Å². The van der Waals surface area contributed by atoms with Crippen LogP contribution in [0, 0.1) is 0 Å². The Morgan fingerprint density at radius 3 is 3.24 bits per heavy atom. The van der Waals surface area contributed by atoms with Gasteiger partial charge in [-0.3, -0.25) is 9.69 Å². The van der Waals surface area contributed by atoms with Crippen LogP contribution in [0.25, 0.3) is 0 Å². The number of hydrogen-bond donors (Lipinski definition) is 0. The zero-order chi connectivity index (χ0) is 14.2. The number of nitrogens with zero attached hydrogens (tertiary/aromatic N) is 4. The van der Waals surface area contributed by atoms with E-state index in [1.807, 2.05) is 22.8 Å². The third kappa shape index (κ3) is 2.31. The number of Topliss-reactive ketones (excluding diaryl/α,β-unsaturated/α-hetero) is 1. The minimum atomic E-state index is 0.151. The van der Waals surface area contributed by atoms with Crippen LogP contribution in [0.5, 0.6) is 5.75 Å². The molecule has 2 aliphatic rings. The molecular weight excluding hydrogens is 268 g/mol. The standard InChI is InChI=1S/C15H16N4O2/c20-13(11-1-2-14-12(7-11)3-6-21-14)8-18-4-5-19-10-16-17-15(19)9-18/h1-2,7,10H,3-6,8-9H2. The second kappa shape index (κ2) is 4.96. The Kier molecular flexibility index (Phi) is 2.96. The van der Waals surface area contributed by atoms with Gasteiger partial charge in [-0.15, -0.1) is 10.2 Å². The van der Waals surface area contributed by atoms with Crippen LogP contribution in [0.1, 0.15) is 21.7 Å². The lowest BCUT2D eigenvalue weighted by Gasteiger charge is -2.26. The van der Waals surface area contributed by atoms with Gasteiger partial charge in [0, 0.05) is 25.1 Å². The Bertz CT molecular complexity index is 695. The van der Waals surface area contributed by atoms with Crippen molar-refractivity contribution >= 4 is 5.78 Å². The number of fused-ring (bicyclic) bond motifs is 2. The Hall–Kier alpha value is -2.21. The highest BCUT2D eigenvalue weighted by Gasteiger charge is 2.21. The molecule has 0 spiro atoms. The van der Waals surface area contributed by atoms with Gasteiger partial charge < -0.3 is 9.30 Å². The Balaban J connectivity index is 1.47. The molecule has 0 radical (unpaired) electrons. The molecule has 0 bridgehead atoms. The fourth-order valence-corrected chi connectivity index (χ4v) is 2.91. The molecule has 0 saturated carbocycles. The Morgan fingerprint density at radius 2 is 2.29 bits per heavy atom. The highest BCUT2D eigenvalue weighted by Crippen LogP contribution is 2.26. The van der Waals surface area contributed by atoms with Gasteiger partial charge in [0.05, 0.1) is 19.7 Å². The molecule has 2 aromatic rings. The summed E-state index contributed by atoms with van der Waals surface area (Å²) in [6.45, 7) is 3.51. The van der Waals surface area contributed by atoms with E-state index in [9.17, 15) is 4.79 Å². The molecule has 0 atom stereocenters. The highest BCUT2D eigenvalue weighted by atomic mass is 16.5. The molecule has 0 N–H and O–H groups in total. The van der Waals surface area contributed by atoms with Gasteiger partial charge in [-0.25, -0.2) is 0 Å². The molecule has 3 heterocycles. The second-order valence-corrected chi connectivity index (χ2v) is 5.50. The monoisotopic (exact) mass is 284 g/mol. The predicted molar refractivity (Wildman–Crippen MR) is 75.3 cm³/mol. The molecule has 1 aromatic carbocycles. The van der Waals surface area contributed by atoms with Gasteiger partial charge in [-0.1, -0.05) is 0 Å². The summed E-state index contributed by atoms with van der Waals surface area (Å²) in [4.78, 5) is 14.6. The van der Waals surface area contributed by atoms with E-state index in [2.05, 4.69) is 15.1 Å². The number of carbonyl (C=O) groups excluding carboxylic acids is 1. The molecule has 0 fully saturated rings. The maximum atomic E-state index is 12.4. The van der Waals surface area contributed by atoms with Gasteiger partial charge in [-0.05, 0) is 23.8 Å². The summed E-state index contributed by atoms with van der Waals surface area (Å²) in [5.74, 6) is 1.99. The van der Waals surface area contributed by atoms with Crippen molar-refractivity contribution in [1.82, 2.24) is 19.7 Å². The largest absolute Gasteiger partial charge is 0.493 e. The third-order valence-corrected chi connectivity index (χ3v) is 4.10. The van der Waals surface area contributed by atoms with E-state index in [1.54, 1.807) is 6.33 Å². The first-order chi connectivity index (χ1) is 10.3. The Morgan fingerprint density at radius 1 is 1.33 bits per heavy atom. The number of ketones is 1. The van der Waals surface area contributed by atoms with Crippen molar-refractivity contribution < 1.29 is 9.53 Å². The minimum absolute atomic E-state index is 0.151. The first kappa shape index (κ1) is 12.5. The van der Waals surface area contributed by atoms with E-state index in [0.717, 1.165) is 48.8 Å². The summed E-state index contributed by atoms with van der Waals surface area (Å²) in [5.41, 5.74) is 1.91. The van der Waals surface area contributed by atoms with E-state index in [1.165, 1.54) is 0 Å². The van der Waals surface area contributed by atoms with Crippen LogP contribution in [0.2, 0.25) is 0 Å². The van der Waals surface area contributed by atoms with Crippen molar-refractivity contribution in [3.05, 3.63) is 41.5 Å². The van der Waals surface area contributed by atoms with Crippen LogP contribution in [-0.2, 0) is 19.5 Å². The quantitative estimate of drug-likeness (QED) is 0.784. The first-order valence-electron chi connectivity index (χ1n) is 7.17. The SMILES string of the molecule is O=C(CN1CCn2cnnc2C1)c1ccc2c(c1)CCO2. The van der Waals surface area contributed by atoms with Crippen molar-refractivity contribution in [2.45, 2.75) is 19.5 Å². The van der Waals surface area contributed by atoms with Gasteiger partial charge in [0.2, 0.25) is 0 Å². The second-order valence-electron chi connectivity index (χ2n) is 5.50. The van der Waals surface area contributed by atoms with Crippen molar-refractivity contribution in [3.8, 4) is 5.75 Å². The lowest BCUT2D eigenvalue weighted by Crippen LogP contribution is -2.37. The van der Waals surface area contributed by atoms with Crippen LogP contribution in [0.4, 0.5) is 0 Å². The van der Waals surface area contributed by atoms with Crippen molar-refractivity contribution in [3.63, 3.8) is 0 Å². The normalized spacial score (nSPS) is 17.1. The number of aromatic nitrogens is 3. The molecule has 0 unspecified atom stereocenters. The number of hydrogen-bond acceptors (Lipinski definition) is 5. The molecule has 4 rings (SSSR count). The number of benzene rings is 1. The zero-order valence-electron chi connectivity index (χ0n) is 11.7. The summed E-state index contributed by atoms with van der Waals surface area (Å²) in [5, 5.41) is 7.98. The summed E-state index contributed by atoms with van der Waals surface area (Å²) in [6, 6.07) is 5.73. The first-order valence-corrected chi connectivity index (χ1v) is 7.17. The number of rotatable bonds is 3. The molecule has 2 aliphatic heterocycles. The van der Waals surface area contributed by atoms with E-state index in [-0.39, 0.29) is 5.78 Å². The molecule has 0 aliphatic carbocycles. The van der Waals surface area contributed by atoms with Crippen molar-refractivity contribution in [2.75, 3.05) is 19.7 Å². The van der Waals surface area contributed by atoms with Gasteiger partial charge in [0.1, 0.15) is 17.9 Å². The maximum Gasteiger partial charge on any atom is 0.176 e. The Labute approximate surface area is 122 Å². The van der Waals surface area contributed by atoms with E-state index in [4.69, 9.17) is 4.74 Å².